The van der Waals surface area contributed by atoms with E-state index in [0.717, 1.165) is 244 Å². The summed E-state index contributed by atoms with van der Waals surface area (Å²) in [6.45, 7) is 88.3. The van der Waals surface area contributed by atoms with E-state index in [1.807, 2.05) is 102 Å². The van der Waals surface area contributed by atoms with Gasteiger partial charge in [-0.2, -0.15) is 13.2 Å². The number of urea groups is 1. The molecule has 816 valence electrons. The van der Waals surface area contributed by atoms with Crippen LogP contribution in [-0.2, 0) is 0 Å². The van der Waals surface area contributed by atoms with Crippen LogP contribution in [0.1, 0.15) is 287 Å². The number of carbonyl (C=O) groups excluding carboxylic acids is 1. The van der Waals surface area contributed by atoms with Crippen LogP contribution in [0.2, 0.25) is 0 Å². The second kappa shape index (κ2) is 58.3. The van der Waals surface area contributed by atoms with Crippen LogP contribution in [0.5, 0.6) is 0 Å². The first-order valence-electron chi connectivity index (χ1n) is 54.5. The Bertz CT molecular complexity index is 5030. The number of carbonyl (C=O) groups is 1. The van der Waals surface area contributed by atoms with Crippen LogP contribution in [0.15, 0.2) is 98.1 Å². The van der Waals surface area contributed by atoms with E-state index >= 15 is 0 Å². The summed E-state index contributed by atoms with van der Waals surface area (Å²) in [7, 11) is 5.74. The fraction of sp³-hybridized carbons (Fsp3) is 0.700. The minimum atomic E-state index is -4.17. The topological polar surface area (TPSA) is 287 Å². The molecule has 16 rings (SSSR count). The first kappa shape index (κ1) is 120. The van der Waals surface area contributed by atoms with Gasteiger partial charge in [-0.1, -0.05) is 118 Å². The molecule has 8 aliphatic heterocycles. The second-order valence-corrected chi connectivity index (χ2v) is 44.2. The average Bonchev–Trinajstić information content (AvgIpc) is 0.822. The molecule has 0 radical (unpaired) electrons. The van der Waals surface area contributed by atoms with Crippen molar-refractivity contribution in [3.05, 3.63) is 144 Å². The van der Waals surface area contributed by atoms with Crippen molar-refractivity contribution in [2.24, 2.45) is 0 Å². The Balaban J connectivity index is 0.000000187. The highest BCUT2D eigenvalue weighted by molar-refractivity contribution is 5.74. The molecule has 8 fully saturated rings. The van der Waals surface area contributed by atoms with Crippen molar-refractivity contribution in [1.29, 1.82) is 0 Å². The van der Waals surface area contributed by atoms with E-state index in [1.165, 1.54) is 11.8 Å². The van der Waals surface area contributed by atoms with E-state index in [0.29, 0.717) is 123 Å². The number of aromatic nitrogens is 16. The van der Waals surface area contributed by atoms with Crippen LogP contribution in [-0.4, -0.2) is 390 Å². The summed E-state index contributed by atoms with van der Waals surface area (Å²) in [6.07, 6.45) is 10.6. The fourth-order valence-corrected chi connectivity index (χ4v) is 18.4. The van der Waals surface area contributed by atoms with Gasteiger partial charge in [0.15, 0.2) is 0 Å². The summed E-state index contributed by atoms with van der Waals surface area (Å²) in [5.74, 6) is 10.2. The van der Waals surface area contributed by atoms with Crippen LogP contribution in [0.3, 0.4) is 0 Å². The molecular formula is C110H184F3N33O. The summed E-state index contributed by atoms with van der Waals surface area (Å²) in [6, 6.07) is 17.5. The molecule has 37 heteroatoms. The molecule has 0 aliphatic carbocycles. The van der Waals surface area contributed by atoms with Gasteiger partial charge in [-0.15, -0.1) is 0 Å². The minimum absolute atomic E-state index is 0.0708. The first-order chi connectivity index (χ1) is 69.7. The predicted molar refractivity (Wildman–Crippen MR) is 595 cm³/mol. The second-order valence-electron chi connectivity index (χ2n) is 44.2. The number of nitrogens with one attached hydrogen (secondary N) is 1. The van der Waals surface area contributed by atoms with Gasteiger partial charge < -0.3 is 64.1 Å². The number of amides is 2. The molecule has 0 aromatic carbocycles. The molecule has 8 aromatic heterocycles. The van der Waals surface area contributed by atoms with E-state index in [2.05, 4.69) is 328 Å². The van der Waals surface area contributed by atoms with Gasteiger partial charge in [-0.05, 0) is 186 Å². The monoisotopic (exact) mass is 2040 g/mol. The molecule has 8 aromatic rings. The lowest BCUT2D eigenvalue weighted by atomic mass is 10.1. The summed E-state index contributed by atoms with van der Waals surface area (Å²) >= 11 is 0. The van der Waals surface area contributed by atoms with Crippen LogP contribution in [0.25, 0.3) is 0 Å². The van der Waals surface area contributed by atoms with Crippen LogP contribution < -0.4 is 44.5 Å². The van der Waals surface area contributed by atoms with Crippen molar-refractivity contribution in [3.63, 3.8) is 0 Å². The third-order valence-electron chi connectivity index (χ3n) is 28.4. The van der Waals surface area contributed by atoms with Crippen LogP contribution in [0, 0.1) is 0 Å². The smallest absolute Gasteiger partial charge is 0.338 e. The maximum absolute atomic E-state index is 12.7. The van der Waals surface area contributed by atoms with Gasteiger partial charge in [0, 0.05) is 335 Å². The Morgan fingerprint density at radius 3 is 0.810 bits per heavy atom. The summed E-state index contributed by atoms with van der Waals surface area (Å²) in [4.78, 5) is 119. The van der Waals surface area contributed by atoms with Gasteiger partial charge in [0.05, 0.1) is 0 Å². The zero-order valence-electron chi connectivity index (χ0n) is 95.4. The third kappa shape index (κ3) is 37.5. The van der Waals surface area contributed by atoms with Gasteiger partial charge in [0.2, 0.25) is 47.6 Å². The molecule has 16 heterocycles. The van der Waals surface area contributed by atoms with Crippen molar-refractivity contribution >= 4 is 53.6 Å². The Hall–Kier alpha value is -10.2. The van der Waals surface area contributed by atoms with Gasteiger partial charge in [-0.3, -0.25) is 19.6 Å². The Morgan fingerprint density at radius 1 is 0.333 bits per heavy atom. The SMILES string of the molecule is CC(C)c1ccnc(N2CCN(C(=O)N(C)C)CC2)n1.CC(C)c1ccnc(N2CCN(C(C)(C)C)CC2)n1.CC(C)c1ccnc(N2CCN(C(C)C(F)(F)F)CC2)n1.CC(C)c1ccnc(N2CCN(C(C)C)[C@@H](C)C2)n1.CC(C)c1ccnc(N2CCN(C(C)C)[C@H](C)C2)n1.CC(C)c1ccnc(N2CCN(C)[C@H](C)C2)n1.CC(C)c1ccnc(N2CCNCC2)n1.CCN1CCN(c2nccc(C(C)C)n2)CC1. The first-order valence-corrected chi connectivity index (χ1v) is 54.5. The van der Waals surface area contributed by atoms with Crippen molar-refractivity contribution in [2.45, 2.75) is 289 Å². The van der Waals surface area contributed by atoms with Crippen molar-refractivity contribution < 1.29 is 18.0 Å². The molecule has 8 aliphatic rings. The lowest BCUT2D eigenvalue weighted by molar-refractivity contribution is -0.179. The quantitative estimate of drug-likeness (QED) is 0.0741. The van der Waals surface area contributed by atoms with E-state index in [1.54, 1.807) is 25.2 Å². The van der Waals surface area contributed by atoms with E-state index in [4.69, 9.17) is 9.97 Å². The Labute approximate surface area is 880 Å². The number of halogens is 3. The van der Waals surface area contributed by atoms with E-state index < -0.39 is 12.2 Å². The molecule has 0 bridgehead atoms. The number of anilines is 8. The number of alkyl halides is 3. The highest BCUT2D eigenvalue weighted by Crippen LogP contribution is 2.30. The average molecular weight is 2040 g/mol. The van der Waals surface area contributed by atoms with Crippen molar-refractivity contribution in [2.75, 3.05) is 257 Å². The molecule has 0 spiro atoms. The molecule has 147 heavy (non-hydrogen) atoms. The third-order valence-corrected chi connectivity index (χ3v) is 28.4. The maximum Gasteiger partial charge on any atom is 0.403 e. The molecule has 34 nitrogen and oxygen atoms in total. The summed E-state index contributed by atoms with van der Waals surface area (Å²) in [5, 5.41) is 3.32. The van der Waals surface area contributed by atoms with Crippen LogP contribution >= 0.6 is 0 Å². The van der Waals surface area contributed by atoms with Gasteiger partial charge in [0.1, 0.15) is 6.04 Å². The molecule has 0 saturated carbocycles. The minimum Gasteiger partial charge on any atom is -0.338 e. The standard InChI is InChI=1S/3C15H26N4.C14H21F3N4.C14H23N5O.2C13H22N4.C11H18N4/c1-12(2)13-6-7-16-14(17-13)18-8-10-19(11-9-18)15(3,4)5;2*1-11(2)14-6-7-16-15(17-14)18-8-9-19(12(3)4)13(5)10-18;1-10(2)12-4-5-18-13(19-12)21-8-6-20(7-9-21)11(3)14(15,16)17;1-11(2)12-5-6-15-13(16-12)18-7-9-19(10-8-18)14(20)17(3)4;1-10(2)12-5-6-14-13(15-12)17-8-7-16(4)11(3)9-17;1-4-16-7-9-17(10-8-16)13-14-6-5-12(15-13)11(2)3;1-9(2)10-3-4-13-11(14-10)15-7-5-12-6-8-15/h6-7,12H,8-11H2,1-5H3;2*6-7,11-13H,8-10H2,1-5H3;4-5,10-11H,6-9H2,1-3H3;5-6,11H,7-10H2,1-4H3;5-6,10-11H,7-9H2,1-4H3;5-6,11H,4,7-10H2,1-3H3;3-4,9,12H,5-8H2,1-2H3/t;2*13-;;;11-;;/m.10..1../s1. The van der Waals surface area contributed by atoms with Gasteiger partial charge in [-0.25, -0.2) is 84.5 Å². The Kier molecular flexibility index (Phi) is 47.7. The highest BCUT2D eigenvalue weighted by Gasteiger charge is 2.42. The van der Waals surface area contributed by atoms with Gasteiger partial charge >= 0.3 is 12.2 Å². The molecular weight excluding hydrogens is 1860 g/mol. The number of nitrogens with zero attached hydrogens (tertiary/aromatic N) is 32. The lowest BCUT2D eigenvalue weighted by Crippen LogP contribution is -2.54. The number of rotatable bonds is 20. The zero-order chi connectivity index (χ0) is 108. The highest BCUT2D eigenvalue weighted by atomic mass is 19.4. The number of hydrogen-bond acceptors (Lipinski definition) is 32. The lowest BCUT2D eigenvalue weighted by Gasteiger charge is -2.42. The number of hydrogen-bond donors (Lipinski definition) is 1. The van der Waals surface area contributed by atoms with Crippen LogP contribution in [0.4, 0.5) is 65.6 Å². The fourth-order valence-electron chi connectivity index (χ4n) is 18.4. The summed E-state index contributed by atoms with van der Waals surface area (Å²) < 4.78 is 38.1. The largest absolute Gasteiger partial charge is 0.403 e. The molecule has 8 saturated heterocycles. The number of likely N-dealkylation sites (N-methyl/N-ethyl adjacent to an activating group) is 2. The molecule has 1 N–H and O–H groups in total. The Morgan fingerprint density at radius 2 is 0.571 bits per heavy atom. The molecule has 4 atom stereocenters. The van der Waals surface area contributed by atoms with E-state index in [-0.39, 0.29) is 11.6 Å². The van der Waals surface area contributed by atoms with Crippen molar-refractivity contribution in [3.8, 4) is 0 Å². The number of piperazine rings is 8. The zero-order valence-corrected chi connectivity index (χ0v) is 95.4. The molecule has 1 unspecified atom stereocenters. The van der Waals surface area contributed by atoms with E-state index in [9.17, 15) is 18.0 Å². The summed E-state index contributed by atoms with van der Waals surface area (Å²) in [5.41, 5.74) is 9.03. The predicted octanol–water partition coefficient (Wildman–Crippen LogP) is 16.1. The normalized spacial score (nSPS) is 19.1. The van der Waals surface area contributed by atoms with Crippen molar-refractivity contribution in [1.82, 2.24) is 124 Å². The van der Waals surface area contributed by atoms with Gasteiger partial charge in [0.25, 0.3) is 0 Å². The maximum atomic E-state index is 12.7. The molecule has 2 amide bonds.